The number of hydrogen-bond donors (Lipinski definition) is 3. The summed E-state index contributed by atoms with van der Waals surface area (Å²) in [6.07, 6.45) is 4.77. The molecular formula is C21H23N5O2S. The number of aliphatic hydroxyl groups excluding tert-OH is 1. The molecule has 2 aromatic heterocycles. The third-order valence-electron chi connectivity index (χ3n) is 4.86. The van der Waals surface area contributed by atoms with Gasteiger partial charge in [0.05, 0.1) is 17.5 Å². The zero-order valence-electron chi connectivity index (χ0n) is 15.9. The molecule has 4 rings (SSSR count). The normalized spacial score (nSPS) is 14.6. The summed E-state index contributed by atoms with van der Waals surface area (Å²) in [6.45, 7) is 2.15. The highest BCUT2D eigenvalue weighted by molar-refractivity contribution is 7.13. The quantitative estimate of drug-likeness (QED) is 0.578. The number of carbonyl (C=O) groups is 1. The van der Waals surface area contributed by atoms with Gasteiger partial charge < -0.3 is 20.6 Å². The van der Waals surface area contributed by atoms with Crippen LogP contribution in [0.2, 0.25) is 0 Å². The zero-order valence-corrected chi connectivity index (χ0v) is 16.7. The molecule has 0 bridgehead atoms. The van der Waals surface area contributed by atoms with E-state index in [1.54, 1.807) is 17.8 Å². The van der Waals surface area contributed by atoms with E-state index in [4.69, 9.17) is 0 Å². The molecule has 7 nitrogen and oxygen atoms in total. The molecule has 3 heterocycles. The van der Waals surface area contributed by atoms with Gasteiger partial charge >= 0.3 is 0 Å². The molecule has 3 aromatic rings. The second kappa shape index (κ2) is 9.02. The van der Waals surface area contributed by atoms with Crippen molar-refractivity contribution < 1.29 is 9.90 Å². The first-order valence-corrected chi connectivity index (χ1v) is 10.5. The number of rotatable bonds is 6. The molecule has 0 atom stereocenters. The fraction of sp³-hybridized carbons (Fsp3) is 0.286. The Kier molecular flexibility index (Phi) is 6.02. The van der Waals surface area contributed by atoms with Gasteiger partial charge in [-0.3, -0.25) is 9.78 Å². The van der Waals surface area contributed by atoms with E-state index in [0.717, 1.165) is 42.9 Å². The zero-order chi connectivity index (χ0) is 20.1. The van der Waals surface area contributed by atoms with Gasteiger partial charge in [0.1, 0.15) is 5.69 Å². The molecule has 0 aliphatic carbocycles. The molecule has 29 heavy (non-hydrogen) atoms. The molecule has 8 heteroatoms. The highest BCUT2D eigenvalue weighted by atomic mass is 32.1. The molecule has 1 amide bonds. The summed E-state index contributed by atoms with van der Waals surface area (Å²) in [7, 11) is 0. The summed E-state index contributed by atoms with van der Waals surface area (Å²) >= 11 is 1.40. The van der Waals surface area contributed by atoms with Crippen LogP contribution in [-0.2, 0) is 6.54 Å². The van der Waals surface area contributed by atoms with Gasteiger partial charge in [-0.1, -0.05) is 18.2 Å². The fourth-order valence-electron chi connectivity index (χ4n) is 3.29. The van der Waals surface area contributed by atoms with Crippen LogP contribution in [0.25, 0.3) is 0 Å². The number of aliphatic hydroxyl groups is 1. The first-order chi connectivity index (χ1) is 14.2. The standard InChI is InChI=1S/C21H23N5O2S/c27-16-7-10-26(11-8-16)19-6-2-1-5-17(19)24-20(28)18-14-29-21(25-18)23-13-15-4-3-9-22-12-15/h1-6,9,12,14,16,27H,7-8,10-11,13H2,(H,23,25)(H,24,28). The highest BCUT2D eigenvalue weighted by Gasteiger charge is 2.20. The number of nitrogens with one attached hydrogen (secondary N) is 2. The average Bonchev–Trinajstić information content (AvgIpc) is 3.23. The number of aromatic nitrogens is 2. The van der Waals surface area contributed by atoms with Gasteiger partial charge in [0.15, 0.2) is 5.13 Å². The minimum Gasteiger partial charge on any atom is -0.393 e. The largest absolute Gasteiger partial charge is 0.393 e. The highest BCUT2D eigenvalue weighted by Crippen LogP contribution is 2.29. The Balaban J connectivity index is 1.40. The van der Waals surface area contributed by atoms with Crippen LogP contribution in [0.4, 0.5) is 16.5 Å². The maximum Gasteiger partial charge on any atom is 0.275 e. The molecule has 0 radical (unpaired) electrons. The number of pyridine rings is 1. The van der Waals surface area contributed by atoms with E-state index in [-0.39, 0.29) is 12.0 Å². The van der Waals surface area contributed by atoms with Crippen LogP contribution in [0.3, 0.4) is 0 Å². The minimum absolute atomic E-state index is 0.236. The van der Waals surface area contributed by atoms with Crippen molar-refractivity contribution in [2.24, 2.45) is 0 Å². The van der Waals surface area contributed by atoms with E-state index < -0.39 is 0 Å². The summed E-state index contributed by atoms with van der Waals surface area (Å²) < 4.78 is 0. The Bertz CT molecular complexity index is 954. The fourth-order valence-corrected chi connectivity index (χ4v) is 3.98. The first kappa shape index (κ1) is 19.4. The molecule has 1 fully saturated rings. The van der Waals surface area contributed by atoms with Crippen molar-refractivity contribution in [2.75, 3.05) is 28.6 Å². The van der Waals surface area contributed by atoms with E-state index in [1.807, 2.05) is 36.4 Å². The SMILES string of the molecule is O=C(Nc1ccccc1N1CCC(O)CC1)c1csc(NCc2cccnc2)n1. The third kappa shape index (κ3) is 4.90. The monoisotopic (exact) mass is 409 g/mol. The topological polar surface area (TPSA) is 90.4 Å². The van der Waals surface area contributed by atoms with Crippen LogP contribution in [-0.4, -0.2) is 40.2 Å². The maximum atomic E-state index is 12.7. The Hall–Kier alpha value is -2.97. The first-order valence-electron chi connectivity index (χ1n) is 9.61. The molecule has 0 saturated carbocycles. The number of carbonyl (C=O) groups excluding carboxylic acids is 1. The number of anilines is 3. The third-order valence-corrected chi connectivity index (χ3v) is 5.66. The lowest BCUT2D eigenvalue weighted by molar-refractivity contribution is 0.102. The number of para-hydroxylation sites is 2. The number of amides is 1. The Labute approximate surface area is 173 Å². The van der Waals surface area contributed by atoms with Crippen molar-refractivity contribution in [2.45, 2.75) is 25.5 Å². The van der Waals surface area contributed by atoms with Crippen LogP contribution >= 0.6 is 11.3 Å². The lowest BCUT2D eigenvalue weighted by Gasteiger charge is -2.32. The van der Waals surface area contributed by atoms with Gasteiger partial charge in [0.25, 0.3) is 5.91 Å². The number of benzene rings is 1. The van der Waals surface area contributed by atoms with Crippen molar-refractivity contribution in [1.82, 2.24) is 9.97 Å². The molecule has 0 spiro atoms. The second-order valence-electron chi connectivity index (χ2n) is 6.94. The van der Waals surface area contributed by atoms with Crippen LogP contribution in [0.1, 0.15) is 28.9 Å². The van der Waals surface area contributed by atoms with Gasteiger partial charge in [0.2, 0.25) is 0 Å². The molecule has 1 aliphatic heterocycles. The molecule has 1 saturated heterocycles. The van der Waals surface area contributed by atoms with Crippen molar-refractivity contribution in [1.29, 1.82) is 0 Å². The van der Waals surface area contributed by atoms with Crippen molar-refractivity contribution in [3.63, 3.8) is 0 Å². The molecule has 0 unspecified atom stereocenters. The summed E-state index contributed by atoms with van der Waals surface area (Å²) in [4.78, 5) is 23.4. The lowest BCUT2D eigenvalue weighted by Crippen LogP contribution is -2.36. The molecule has 150 valence electrons. The number of hydrogen-bond acceptors (Lipinski definition) is 7. The smallest absolute Gasteiger partial charge is 0.275 e. The number of piperidine rings is 1. The number of nitrogens with zero attached hydrogens (tertiary/aromatic N) is 3. The molecular weight excluding hydrogens is 386 g/mol. The lowest BCUT2D eigenvalue weighted by atomic mass is 10.1. The van der Waals surface area contributed by atoms with E-state index >= 15 is 0 Å². The van der Waals surface area contributed by atoms with E-state index in [9.17, 15) is 9.90 Å². The summed E-state index contributed by atoms with van der Waals surface area (Å²) in [5.74, 6) is -0.236. The van der Waals surface area contributed by atoms with Crippen LogP contribution in [0.15, 0.2) is 54.2 Å². The Morgan fingerprint density at radius 2 is 2.03 bits per heavy atom. The van der Waals surface area contributed by atoms with E-state index in [0.29, 0.717) is 17.4 Å². The van der Waals surface area contributed by atoms with Crippen molar-refractivity contribution >= 4 is 33.8 Å². The number of thiazole rings is 1. The van der Waals surface area contributed by atoms with E-state index in [1.165, 1.54) is 11.3 Å². The van der Waals surface area contributed by atoms with Gasteiger partial charge in [-0.25, -0.2) is 4.98 Å². The van der Waals surface area contributed by atoms with Crippen molar-refractivity contribution in [3.05, 3.63) is 65.4 Å². The predicted octanol–water partition coefficient (Wildman–Crippen LogP) is 3.36. The summed E-state index contributed by atoms with van der Waals surface area (Å²) in [5, 5.41) is 18.4. The molecule has 3 N–H and O–H groups in total. The van der Waals surface area contributed by atoms with Crippen LogP contribution in [0, 0.1) is 0 Å². The van der Waals surface area contributed by atoms with Crippen molar-refractivity contribution in [3.8, 4) is 0 Å². The predicted molar refractivity (Wildman–Crippen MR) is 116 cm³/mol. The van der Waals surface area contributed by atoms with Crippen LogP contribution < -0.4 is 15.5 Å². The Morgan fingerprint density at radius 3 is 2.83 bits per heavy atom. The maximum absolute atomic E-state index is 12.7. The van der Waals surface area contributed by atoms with Crippen LogP contribution in [0.5, 0.6) is 0 Å². The minimum atomic E-state index is -0.236. The van der Waals surface area contributed by atoms with Gasteiger partial charge in [0, 0.05) is 37.4 Å². The summed E-state index contributed by atoms with van der Waals surface area (Å²) in [5.41, 5.74) is 3.16. The Morgan fingerprint density at radius 1 is 1.21 bits per heavy atom. The van der Waals surface area contributed by atoms with Gasteiger partial charge in [-0.05, 0) is 36.6 Å². The second-order valence-corrected chi connectivity index (χ2v) is 7.80. The van der Waals surface area contributed by atoms with E-state index in [2.05, 4.69) is 25.5 Å². The van der Waals surface area contributed by atoms with Gasteiger partial charge in [-0.15, -0.1) is 11.3 Å². The van der Waals surface area contributed by atoms with Gasteiger partial charge in [-0.2, -0.15) is 0 Å². The average molecular weight is 410 g/mol. The molecule has 1 aliphatic rings. The summed E-state index contributed by atoms with van der Waals surface area (Å²) in [6, 6.07) is 11.6. The molecule has 1 aromatic carbocycles.